The van der Waals surface area contributed by atoms with E-state index < -0.39 is 6.10 Å². The van der Waals surface area contributed by atoms with Crippen molar-refractivity contribution in [3.63, 3.8) is 0 Å². The smallest absolute Gasteiger partial charge is 0.125 e. The first-order valence-electron chi connectivity index (χ1n) is 6.73. The van der Waals surface area contributed by atoms with Gasteiger partial charge in [-0.2, -0.15) is 0 Å². The largest absolute Gasteiger partial charge is 0.497 e. The Balaban J connectivity index is 2.08. The molecular weight excluding hydrogens is 268 g/mol. The van der Waals surface area contributed by atoms with Crippen molar-refractivity contribution in [2.45, 2.75) is 13.0 Å². The van der Waals surface area contributed by atoms with Crippen LogP contribution in [0.25, 0.3) is 0 Å². The second-order valence-electron chi connectivity index (χ2n) is 4.75. The molecule has 0 aliphatic heterocycles. The molecule has 4 heteroatoms. The van der Waals surface area contributed by atoms with Gasteiger partial charge >= 0.3 is 0 Å². The molecule has 0 saturated heterocycles. The van der Waals surface area contributed by atoms with Crippen LogP contribution in [0.2, 0.25) is 0 Å². The number of ether oxygens (including phenoxy) is 3. The van der Waals surface area contributed by atoms with E-state index in [1.807, 2.05) is 31.2 Å². The van der Waals surface area contributed by atoms with E-state index >= 15 is 0 Å². The van der Waals surface area contributed by atoms with Crippen molar-refractivity contribution in [1.29, 1.82) is 0 Å². The predicted octanol–water partition coefficient (Wildman–Crippen LogP) is 3.12. The fourth-order valence-electron chi connectivity index (χ4n) is 2.00. The summed E-state index contributed by atoms with van der Waals surface area (Å²) in [5.74, 6) is 2.00. The minimum Gasteiger partial charge on any atom is -0.497 e. The summed E-state index contributed by atoms with van der Waals surface area (Å²) < 4.78 is 16.0. The lowest BCUT2D eigenvalue weighted by Crippen LogP contribution is -2.11. The highest BCUT2D eigenvalue weighted by molar-refractivity contribution is 5.41. The van der Waals surface area contributed by atoms with E-state index in [2.05, 4.69) is 0 Å². The molecule has 1 N–H and O–H groups in total. The van der Waals surface area contributed by atoms with Gasteiger partial charge in [0, 0.05) is 5.56 Å². The molecule has 0 amide bonds. The monoisotopic (exact) mass is 288 g/mol. The fraction of sp³-hybridized carbons (Fsp3) is 0.294. The summed E-state index contributed by atoms with van der Waals surface area (Å²) in [7, 11) is 3.15. The van der Waals surface area contributed by atoms with Crippen LogP contribution in [0.4, 0.5) is 0 Å². The van der Waals surface area contributed by atoms with E-state index in [4.69, 9.17) is 14.2 Å². The van der Waals surface area contributed by atoms with Gasteiger partial charge in [0.25, 0.3) is 0 Å². The number of methoxy groups -OCH3 is 2. The summed E-state index contributed by atoms with van der Waals surface area (Å²) in [6.07, 6.45) is -0.795. The van der Waals surface area contributed by atoms with Crippen LogP contribution in [-0.2, 0) is 0 Å². The second-order valence-corrected chi connectivity index (χ2v) is 4.75. The number of hydrogen-bond donors (Lipinski definition) is 1. The number of aliphatic hydroxyl groups excluding tert-OH is 1. The maximum atomic E-state index is 10.3. The van der Waals surface area contributed by atoms with Gasteiger partial charge in [0.15, 0.2) is 0 Å². The quantitative estimate of drug-likeness (QED) is 0.887. The zero-order chi connectivity index (χ0) is 15.2. The van der Waals surface area contributed by atoms with E-state index in [1.54, 1.807) is 32.4 Å². The first-order chi connectivity index (χ1) is 10.1. The standard InChI is InChI=1S/C17H20O4/c1-12-4-6-13(7-5-12)21-11-16(18)15-10-14(19-2)8-9-17(15)20-3/h4-10,16,18H,11H2,1-3H3. The number of rotatable bonds is 6. The van der Waals surface area contributed by atoms with Gasteiger partial charge in [-0.3, -0.25) is 0 Å². The Hall–Kier alpha value is -2.20. The average Bonchev–Trinajstić information content (AvgIpc) is 2.53. The lowest BCUT2D eigenvalue weighted by Gasteiger charge is -2.16. The van der Waals surface area contributed by atoms with Gasteiger partial charge in [-0.25, -0.2) is 0 Å². The molecule has 2 aromatic rings. The van der Waals surface area contributed by atoms with Gasteiger partial charge < -0.3 is 19.3 Å². The van der Waals surface area contributed by atoms with Crippen LogP contribution in [0.5, 0.6) is 17.2 Å². The first-order valence-corrected chi connectivity index (χ1v) is 6.73. The summed E-state index contributed by atoms with van der Waals surface area (Å²) >= 11 is 0. The maximum Gasteiger partial charge on any atom is 0.125 e. The molecule has 21 heavy (non-hydrogen) atoms. The van der Waals surface area contributed by atoms with E-state index in [1.165, 1.54) is 0 Å². The predicted molar refractivity (Wildman–Crippen MR) is 81.2 cm³/mol. The van der Waals surface area contributed by atoms with E-state index in [-0.39, 0.29) is 6.61 Å². The Morgan fingerprint density at radius 2 is 1.62 bits per heavy atom. The zero-order valence-electron chi connectivity index (χ0n) is 12.5. The minimum absolute atomic E-state index is 0.145. The molecule has 0 aromatic heterocycles. The van der Waals surface area contributed by atoms with Crippen molar-refractivity contribution in [3.8, 4) is 17.2 Å². The molecule has 0 heterocycles. The van der Waals surface area contributed by atoms with Crippen molar-refractivity contribution in [2.75, 3.05) is 20.8 Å². The van der Waals surface area contributed by atoms with Gasteiger partial charge in [-0.1, -0.05) is 17.7 Å². The summed E-state index contributed by atoms with van der Waals surface area (Å²) in [5, 5.41) is 10.3. The third kappa shape index (κ3) is 3.89. The normalized spacial score (nSPS) is 11.8. The highest BCUT2D eigenvalue weighted by atomic mass is 16.5. The molecule has 0 saturated carbocycles. The number of aryl methyl sites for hydroxylation is 1. The van der Waals surface area contributed by atoms with Crippen LogP contribution in [0.3, 0.4) is 0 Å². The van der Waals surface area contributed by atoms with Gasteiger partial charge in [0.1, 0.15) is 30.0 Å². The minimum atomic E-state index is -0.795. The van der Waals surface area contributed by atoms with Crippen molar-refractivity contribution in [1.82, 2.24) is 0 Å². The fourth-order valence-corrected chi connectivity index (χ4v) is 2.00. The highest BCUT2D eigenvalue weighted by Gasteiger charge is 2.15. The molecule has 0 spiro atoms. The molecule has 0 aliphatic carbocycles. The van der Waals surface area contributed by atoms with Crippen LogP contribution in [0, 0.1) is 6.92 Å². The molecule has 112 valence electrons. The van der Waals surface area contributed by atoms with Crippen LogP contribution < -0.4 is 14.2 Å². The van der Waals surface area contributed by atoms with E-state index in [0.717, 1.165) is 11.3 Å². The summed E-state index contributed by atoms with van der Waals surface area (Å²) in [6.45, 7) is 2.16. The second kappa shape index (κ2) is 6.99. The van der Waals surface area contributed by atoms with Crippen molar-refractivity contribution in [3.05, 3.63) is 53.6 Å². The van der Waals surface area contributed by atoms with E-state index in [0.29, 0.717) is 17.1 Å². The summed E-state index contributed by atoms with van der Waals surface area (Å²) in [5.41, 5.74) is 1.81. The third-order valence-corrected chi connectivity index (χ3v) is 3.22. The molecule has 4 nitrogen and oxygen atoms in total. The molecule has 0 bridgehead atoms. The van der Waals surface area contributed by atoms with Crippen LogP contribution in [0.15, 0.2) is 42.5 Å². The topological polar surface area (TPSA) is 47.9 Å². The van der Waals surface area contributed by atoms with Crippen LogP contribution in [-0.4, -0.2) is 25.9 Å². The molecular formula is C17H20O4. The van der Waals surface area contributed by atoms with E-state index in [9.17, 15) is 5.11 Å². The zero-order valence-corrected chi connectivity index (χ0v) is 12.5. The first kappa shape index (κ1) is 15.2. The van der Waals surface area contributed by atoms with Crippen LogP contribution >= 0.6 is 0 Å². The molecule has 2 aromatic carbocycles. The van der Waals surface area contributed by atoms with Crippen molar-refractivity contribution in [2.24, 2.45) is 0 Å². The molecule has 0 radical (unpaired) electrons. The molecule has 2 rings (SSSR count). The molecule has 0 fully saturated rings. The molecule has 1 atom stereocenters. The number of benzene rings is 2. The third-order valence-electron chi connectivity index (χ3n) is 3.22. The maximum absolute atomic E-state index is 10.3. The Kier molecular flexibility index (Phi) is 5.06. The number of aliphatic hydroxyl groups is 1. The van der Waals surface area contributed by atoms with Crippen molar-refractivity contribution >= 4 is 0 Å². The lowest BCUT2D eigenvalue weighted by atomic mass is 10.1. The Labute approximate surface area is 124 Å². The molecule has 1 unspecified atom stereocenters. The van der Waals surface area contributed by atoms with Gasteiger partial charge in [0.2, 0.25) is 0 Å². The van der Waals surface area contributed by atoms with Crippen LogP contribution in [0.1, 0.15) is 17.2 Å². The van der Waals surface area contributed by atoms with Crippen molar-refractivity contribution < 1.29 is 19.3 Å². The Morgan fingerprint density at radius 3 is 2.24 bits per heavy atom. The van der Waals surface area contributed by atoms with Gasteiger partial charge in [-0.15, -0.1) is 0 Å². The Bertz CT molecular complexity index is 578. The highest BCUT2D eigenvalue weighted by Crippen LogP contribution is 2.29. The average molecular weight is 288 g/mol. The molecule has 0 aliphatic rings. The summed E-state index contributed by atoms with van der Waals surface area (Å²) in [6, 6.07) is 13.0. The SMILES string of the molecule is COc1ccc(OC)c(C(O)COc2ccc(C)cc2)c1. The Morgan fingerprint density at radius 1 is 0.952 bits per heavy atom. The lowest BCUT2D eigenvalue weighted by molar-refractivity contribution is 0.105. The van der Waals surface area contributed by atoms with Gasteiger partial charge in [0.05, 0.1) is 14.2 Å². The summed E-state index contributed by atoms with van der Waals surface area (Å²) in [4.78, 5) is 0. The van der Waals surface area contributed by atoms with Gasteiger partial charge in [-0.05, 0) is 37.3 Å². The number of hydrogen-bond acceptors (Lipinski definition) is 4.